The molecule has 144 valence electrons. The molecule has 28 heavy (non-hydrogen) atoms. The van der Waals surface area contributed by atoms with Crippen LogP contribution in [-0.4, -0.2) is 45.8 Å². The van der Waals surface area contributed by atoms with Crippen molar-refractivity contribution in [3.63, 3.8) is 0 Å². The number of rotatable bonds is 4. The Morgan fingerprint density at radius 3 is 2.50 bits per heavy atom. The van der Waals surface area contributed by atoms with Crippen LogP contribution in [0.4, 0.5) is 5.69 Å². The number of benzene rings is 2. The van der Waals surface area contributed by atoms with Crippen molar-refractivity contribution in [3.8, 4) is 5.69 Å². The predicted molar refractivity (Wildman–Crippen MR) is 109 cm³/mol. The van der Waals surface area contributed by atoms with Gasteiger partial charge in [0.1, 0.15) is 0 Å². The molecule has 3 aromatic rings. The molecule has 2 aromatic carbocycles. The number of nitrogens with zero attached hydrogens (tertiary/aromatic N) is 4. The van der Waals surface area contributed by atoms with E-state index in [0.717, 1.165) is 0 Å². The first kappa shape index (κ1) is 19.9. The molecule has 0 unspecified atom stereocenters. The molecule has 2 amide bonds. The molecule has 3 rings (SSSR count). The van der Waals surface area contributed by atoms with Crippen LogP contribution in [0, 0.1) is 6.92 Å². The third-order valence-electron chi connectivity index (χ3n) is 4.03. The van der Waals surface area contributed by atoms with Crippen molar-refractivity contribution in [2.75, 3.05) is 19.4 Å². The lowest BCUT2D eigenvalue weighted by atomic mass is 10.1. The van der Waals surface area contributed by atoms with E-state index < -0.39 is 5.91 Å². The number of halogens is 2. The highest BCUT2D eigenvalue weighted by Crippen LogP contribution is 2.23. The van der Waals surface area contributed by atoms with Gasteiger partial charge in [0.25, 0.3) is 11.8 Å². The number of aromatic nitrogens is 3. The summed E-state index contributed by atoms with van der Waals surface area (Å²) in [6, 6.07) is 11.8. The maximum absolute atomic E-state index is 12.6. The second-order valence-corrected chi connectivity index (χ2v) is 7.11. The molecule has 1 heterocycles. The lowest BCUT2D eigenvalue weighted by Crippen LogP contribution is -2.22. The van der Waals surface area contributed by atoms with Gasteiger partial charge in [-0.05, 0) is 43.3 Å². The van der Waals surface area contributed by atoms with E-state index in [4.69, 9.17) is 23.2 Å². The number of hydrogen-bond acceptors (Lipinski definition) is 4. The number of amides is 2. The molecule has 0 aliphatic carbocycles. The Hall–Kier alpha value is -2.90. The summed E-state index contributed by atoms with van der Waals surface area (Å²) >= 11 is 12.2. The maximum atomic E-state index is 12.6. The van der Waals surface area contributed by atoms with Crippen LogP contribution in [-0.2, 0) is 0 Å². The quantitative estimate of drug-likeness (QED) is 0.698. The minimum atomic E-state index is -0.437. The average Bonchev–Trinajstić information content (AvgIpc) is 3.03. The highest BCUT2D eigenvalue weighted by molar-refractivity contribution is 6.34. The summed E-state index contributed by atoms with van der Waals surface area (Å²) in [6.07, 6.45) is 0. The summed E-state index contributed by atoms with van der Waals surface area (Å²) < 4.78 is 1.53. The van der Waals surface area contributed by atoms with Gasteiger partial charge < -0.3 is 10.2 Å². The standard InChI is InChI=1S/C19H17Cl2N5O2/c1-11-17(23-24-26(11)14-6-4-5-12(20)9-14)18(27)22-13-7-8-15(16(21)10-13)19(28)25(2)3/h4-10H,1-3H3,(H,22,27). The Kier molecular flexibility index (Phi) is 5.67. The van der Waals surface area contributed by atoms with E-state index in [1.165, 1.54) is 15.6 Å². The molecule has 9 heteroatoms. The van der Waals surface area contributed by atoms with Gasteiger partial charge >= 0.3 is 0 Å². The normalized spacial score (nSPS) is 10.6. The topological polar surface area (TPSA) is 80.1 Å². The third kappa shape index (κ3) is 4.00. The second kappa shape index (κ2) is 8.00. The Labute approximate surface area is 171 Å². The smallest absolute Gasteiger partial charge is 0.278 e. The van der Waals surface area contributed by atoms with E-state index in [0.29, 0.717) is 27.7 Å². The first-order chi connectivity index (χ1) is 13.3. The van der Waals surface area contributed by atoms with Crippen LogP contribution in [0.3, 0.4) is 0 Å². The molecular weight excluding hydrogens is 401 g/mol. The molecule has 1 aromatic heterocycles. The largest absolute Gasteiger partial charge is 0.345 e. The van der Waals surface area contributed by atoms with Crippen molar-refractivity contribution in [1.82, 2.24) is 19.9 Å². The Balaban J connectivity index is 1.82. The monoisotopic (exact) mass is 417 g/mol. The zero-order chi connectivity index (χ0) is 20.4. The van der Waals surface area contributed by atoms with Crippen LogP contribution >= 0.6 is 23.2 Å². The molecule has 1 N–H and O–H groups in total. The second-order valence-electron chi connectivity index (χ2n) is 6.26. The number of nitrogens with one attached hydrogen (secondary N) is 1. The lowest BCUT2D eigenvalue weighted by Gasteiger charge is -2.12. The molecule has 0 radical (unpaired) electrons. The van der Waals surface area contributed by atoms with Gasteiger partial charge in [0, 0.05) is 24.8 Å². The summed E-state index contributed by atoms with van der Waals surface area (Å²) in [6.45, 7) is 1.74. The van der Waals surface area contributed by atoms with Crippen LogP contribution in [0.15, 0.2) is 42.5 Å². The Bertz CT molecular complexity index is 1060. The molecular formula is C19H17Cl2N5O2. The van der Waals surface area contributed by atoms with Gasteiger partial charge in [-0.1, -0.05) is 34.5 Å². The van der Waals surface area contributed by atoms with Gasteiger partial charge in [-0.2, -0.15) is 0 Å². The number of carbonyl (C=O) groups is 2. The van der Waals surface area contributed by atoms with Gasteiger partial charge in [0.15, 0.2) is 5.69 Å². The minimum absolute atomic E-state index is 0.171. The van der Waals surface area contributed by atoms with Crippen LogP contribution in [0.1, 0.15) is 26.5 Å². The highest BCUT2D eigenvalue weighted by Gasteiger charge is 2.19. The van der Waals surface area contributed by atoms with Crippen LogP contribution < -0.4 is 5.32 Å². The van der Waals surface area contributed by atoms with Crippen molar-refractivity contribution < 1.29 is 9.59 Å². The Morgan fingerprint density at radius 1 is 1.11 bits per heavy atom. The average molecular weight is 418 g/mol. The molecule has 0 aliphatic rings. The van der Waals surface area contributed by atoms with E-state index in [1.54, 1.807) is 51.4 Å². The highest BCUT2D eigenvalue weighted by atomic mass is 35.5. The fraction of sp³-hybridized carbons (Fsp3) is 0.158. The molecule has 7 nitrogen and oxygen atoms in total. The van der Waals surface area contributed by atoms with Crippen molar-refractivity contribution in [3.05, 3.63) is 69.5 Å². The van der Waals surface area contributed by atoms with Crippen LogP contribution in [0.5, 0.6) is 0 Å². The summed E-state index contributed by atoms with van der Waals surface area (Å²) in [7, 11) is 3.28. The van der Waals surface area contributed by atoms with Crippen molar-refractivity contribution >= 4 is 40.7 Å². The first-order valence-electron chi connectivity index (χ1n) is 8.28. The van der Waals surface area contributed by atoms with Gasteiger partial charge in [0.05, 0.1) is 22.0 Å². The zero-order valence-electron chi connectivity index (χ0n) is 15.4. The lowest BCUT2D eigenvalue weighted by molar-refractivity contribution is 0.0827. The van der Waals surface area contributed by atoms with Crippen molar-refractivity contribution in [1.29, 1.82) is 0 Å². The summed E-state index contributed by atoms with van der Waals surface area (Å²) in [5.41, 5.74) is 2.23. The maximum Gasteiger partial charge on any atom is 0.278 e. The van der Waals surface area contributed by atoms with E-state index in [9.17, 15) is 9.59 Å². The summed E-state index contributed by atoms with van der Waals surface area (Å²) in [5, 5.41) is 11.5. The summed E-state index contributed by atoms with van der Waals surface area (Å²) in [4.78, 5) is 26.1. The fourth-order valence-electron chi connectivity index (χ4n) is 2.59. The van der Waals surface area contributed by atoms with E-state index in [2.05, 4.69) is 15.6 Å². The van der Waals surface area contributed by atoms with E-state index in [1.807, 2.05) is 6.07 Å². The van der Waals surface area contributed by atoms with Gasteiger partial charge in [-0.15, -0.1) is 5.10 Å². The molecule has 0 bridgehead atoms. The minimum Gasteiger partial charge on any atom is -0.345 e. The molecule has 0 saturated carbocycles. The third-order valence-corrected chi connectivity index (χ3v) is 4.57. The number of anilines is 1. The fourth-order valence-corrected chi connectivity index (χ4v) is 3.04. The van der Waals surface area contributed by atoms with Gasteiger partial charge in [-0.3, -0.25) is 9.59 Å². The molecule has 0 fully saturated rings. The van der Waals surface area contributed by atoms with E-state index >= 15 is 0 Å². The molecule has 0 atom stereocenters. The van der Waals surface area contributed by atoms with Crippen molar-refractivity contribution in [2.45, 2.75) is 6.92 Å². The SMILES string of the molecule is Cc1c(C(=O)Nc2ccc(C(=O)N(C)C)c(Cl)c2)nnn1-c1cccc(Cl)c1. The van der Waals surface area contributed by atoms with E-state index in [-0.39, 0.29) is 16.6 Å². The first-order valence-corrected chi connectivity index (χ1v) is 9.04. The molecule has 0 aliphatic heterocycles. The predicted octanol–water partition coefficient (Wildman–Crippen LogP) is 3.84. The van der Waals surface area contributed by atoms with Gasteiger partial charge in [0.2, 0.25) is 0 Å². The Morgan fingerprint density at radius 2 is 1.86 bits per heavy atom. The molecule has 0 spiro atoms. The number of carbonyl (C=O) groups excluding carboxylic acids is 2. The van der Waals surface area contributed by atoms with Crippen LogP contribution in [0.25, 0.3) is 5.69 Å². The molecule has 0 saturated heterocycles. The van der Waals surface area contributed by atoms with Crippen molar-refractivity contribution in [2.24, 2.45) is 0 Å². The van der Waals surface area contributed by atoms with Crippen LogP contribution in [0.2, 0.25) is 10.0 Å². The summed E-state index contributed by atoms with van der Waals surface area (Å²) in [5.74, 6) is -0.656. The number of hydrogen-bond donors (Lipinski definition) is 1. The zero-order valence-corrected chi connectivity index (χ0v) is 16.9. The van der Waals surface area contributed by atoms with Gasteiger partial charge in [-0.25, -0.2) is 4.68 Å².